The van der Waals surface area contributed by atoms with E-state index in [2.05, 4.69) is 15.4 Å². The molecular formula is C11H14FN5O2. The quantitative estimate of drug-likeness (QED) is 0.750. The highest BCUT2D eigenvalue weighted by molar-refractivity contribution is 5.93. The van der Waals surface area contributed by atoms with Gasteiger partial charge in [0.25, 0.3) is 0 Å². The van der Waals surface area contributed by atoms with Crippen molar-refractivity contribution in [2.45, 2.75) is 13.5 Å². The van der Waals surface area contributed by atoms with Gasteiger partial charge in [0.15, 0.2) is 5.69 Å². The lowest BCUT2D eigenvalue weighted by atomic mass is 10.2. The zero-order valence-electron chi connectivity index (χ0n) is 10.7. The van der Waals surface area contributed by atoms with Gasteiger partial charge in [-0.1, -0.05) is 5.21 Å². The van der Waals surface area contributed by atoms with Crippen LogP contribution in [0.25, 0.3) is 11.3 Å². The summed E-state index contributed by atoms with van der Waals surface area (Å²) in [5.74, 6) is -0.577. The summed E-state index contributed by atoms with van der Waals surface area (Å²) in [5, 5.41) is 11.6. The van der Waals surface area contributed by atoms with Crippen LogP contribution >= 0.6 is 0 Å². The number of hydrogen-bond donors (Lipinski definition) is 0. The minimum absolute atomic E-state index is 0.0244. The first-order valence-electron chi connectivity index (χ1n) is 5.83. The Morgan fingerprint density at radius 2 is 2.32 bits per heavy atom. The van der Waals surface area contributed by atoms with E-state index in [1.54, 1.807) is 31.0 Å². The number of ether oxygens (including phenoxy) is 1. The van der Waals surface area contributed by atoms with Crippen LogP contribution in [0.2, 0.25) is 0 Å². The number of aromatic nitrogens is 5. The predicted molar refractivity (Wildman–Crippen MR) is 64.2 cm³/mol. The third-order valence-electron chi connectivity index (χ3n) is 2.48. The molecule has 0 amide bonds. The van der Waals surface area contributed by atoms with Gasteiger partial charge in [0.2, 0.25) is 0 Å². The second-order valence-corrected chi connectivity index (χ2v) is 3.82. The van der Waals surface area contributed by atoms with Crippen molar-refractivity contribution in [1.82, 2.24) is 24.8 Å². The molecule has 0 radical (unpaired) electrons. The molecule has 0 aliphatic carbocycles. The SMILES string of the molecule is CCOC(=O)c1nnn(CCF)c1-c1cnn(C)c1. The van der Waals surface area contributed by atoms with Crippen molar-refractivity contribution in [3.63, 3.8) is 0 Å². The number of carbonyl (C=O) groups is 1. The molecule has 0 N–H and O–H groups in total. The third-order valence-corrected chi connectivity index (χ3v) is 2.48. The highest BCUT2D eigenvalue weighted by Gasteiger charge is 2.23. The number of rotatable bonds is 5. The largest absolute Gasteiger partial charge is 0.461 e. The molecule has 0 saturated heterocycles. The first kappa shape index (κ1) is 13.2. The van der Waals surface area contributed by atoms with E-state index in [9.17, 15) is 9.18 Å². The van der Waals surface area contributed by atoms with Crippen LogP contribution in [-0.2, 0) is 18.3 Å². The van der Waals surface area contributed by atoms with Gasteiger partial charge in [0.05, 0.1) is 19.3 Å². The topological polar surface area (TPSA) is 74.8 Å². The maximum Gasteiger partial charge on any atom is 0.361 e. The Morgan fingerprint density at radius 1 is 1.53 bits per heavy atom. The summed E-state index contributed by atoms with van der Waals surface area (Å²) in [4.78, 5) is 11.8. The predicted octanol–water partition coefficient (Wildman–Crippen LogP) is 0.825. The molecule has 7 nitrogen and oxygen atoms in total. The highest BCUT2D eigenvalue weighted by atomic mass is 19.1. The number of hydrogen-bond acceptors (Lipinski definition) is 5. The van der Waals surface area contributed by atoms with E-state index in [-0.39, 0.29) is 18.8 Å². The van der Waals surface area contributed by atoms with Crippen LogP contribution in [0, 0.1) is 0 Å². The first-order chi connectivity index (χ1) is 9.17. The van der Waals surface area contributed by atoms with Crippen LogP contribution in [0.3, 0.4) is 0 Å². The number of nitrogens with zero attached hydrogens (tertiary/aromatic N) is 5. The molecule has 0 aliphatic heterocycles. The van der Waals surface area contributed by atoms with E-state index in [0.29, 0.717) is 11.3 Å². The smallest absolute Gasteiger partial charge is 0.361 e. The zero-order valence-corrected chi connectivity index (χ0v) is 10.7. The van der Waals surface area contributed by atoms with Gasteiger partial charge in [-0.15, -0.1) is 5.10 Å². The summed E-state index contributed by atoms with van der Waals surface area (Å²) in [6.07, 6.45) is 3.27. The summed E-state index contributed by atoms with van der Waals surface area (Å²) >= 11 is 0. The molecule has 8 heteroatoms. The van der Waals surface area contributed by atoms with Crippen molar-refractivity contribution in [3.05, 3.63) is 18.1 Å². The maximum atomic E-state index is 12.5. The molecule has 2 aromatic heterocycles. The molecule has 2 rings (SSSR count). The normalized spacial score (nSPS) is 10.7. The fraction of sp³-hybridized carbons (Fsp3) is 0.455. The highest BCUT2D eigenvalue weighted by Crippen LogP contribution is 2.22. The summed E-state index contributed by atoms with van der Waals surface area (Å²) in [7, 11) is 1.75. The summed E-state index contributed by atoms with van der Waals surface area (Å²) in [5.41, 5.74) is 1.14. The third kappa shape index (κ3) is 2.61. The molecule has 0 atom stereocenters. The Balaban J connectivity index is 2.47. The van der Waals surface area contributed by atoms with E-state index in [1.165, 1.54) is 4.68 Å². The van der Waals surface area contributed by atoms with Crippen LogP contribution in [0.1, 0.15) is 17.4 Å². The second kappa shape index (κ2) is 5.59. The Morgan fingerprint density at radius 3 is 2.89 bits per heavy atom. The Labute approximate surface area is 109 Å². The molecule has 0 aromatic carbocycles. The van der Waals surface area contributed by atoms with Crippen molar-refractivity contribution in [2.75, 3.05) is 13.3 Å². The Bertz CT molecular complexity index is 577. The molecule has 0 saturated carbocycles. The standard InChI is InChI=1S/C11H14FN5O2/c1-3-19-11(18)9-10(8-6-13-16(2)7-8)17(5-4-12)15-14-9/h6-7H,3-5H2,1-2H3. The summed E-state index contributed by atoms with van der Waals surface area (Å²) in [6, 6.07) is 0. The van der Waals surface area contributed by atoms with Crippen LogP contribution in [-0.4, -0.2) is 44.0 Å². The minimum atomic E-state index is -0.598. The number of esters is 1. The van der Waals surface area contributed by atoms with Gasteiger partial charge in [0.1, 0.15) is 12.4 Å². The van der Waals surface area contributed by atoms with E-state index in [0.717, 1.165) is 0 Å². The number of carbonyl (C=O) groups excluding carboxylic acids is 1. The van der Waals surface area contributed by atoms with Gasteiger partial charge < -0.3 is 4.74 Å². The van der Waals surface area contributed by atoms with Crippen molar-refractivity contribution >= 4 is 5.97 Å². The molecular weight excluding hydrogens is 253 g/mol. The molecule has 0 spiro atoms. The Kier molecular flexibility index (Phi) is 3.88. The average molecular weight is 267 g/mol. The fourth-order valence-corrected chi connectivity index (χ4v) is 1.72. The van der Waals surface area contributed by atoms with Gasteiger partial charge in [0, 0.05) is 18.8 Å². The molecule has 0 bridgehead atoms. The number of aryl methyl sites for hydroxylation is 2. The van der Waals surface area contributed by atoms with Gasteiger partial charge in [-0.2, -0.15) is 5.10 Å². The minimum Gasteiger partial charge on any atom is -0.461 e. The molecule has 0 aliphatic rings. The summed E-state index contributed by atoms with van der Waals surface area (Å²) in [6.45, 7) is 1.37. The van der Waals surface area contributed by atoms with Gasteiger partial charge in [-0.05, 0) is 6.92 Å². The molecule has 2 heterocycles. The molecule has 19 heavy (non-hydrogen) atoms. The van der Waals surface area contributed by atoms with E-state index < -0.39 is 12.6 Å². The van der Waals surface area contributed by atoms with Crippen molar-refractivity contribution in [1.29, 1.82) is 0 Å². The molecule has 0 fully saturated rings. The van der Waals surface area contributed by atoms with Crippen molar-refractivity contribution in [2.24, 2.45) is 7.05 Å². The molecule has 0 unspecified atom stereocenters. The van der Waals surface area contributed by atoms with E-state index in [4.69, 9.17) is 4.74 Å². The number of alkyl halides is 1. The average Bonchev–Trinajstić information content (AvgIpc) is 2.96. The number of halogens is 1. The lowest BCUT2D eigenvalue weighted by molar-refractivity contribution is 0.0520. The van der Waals surface area contributed by atoms with Gasteiger partial charge in [-0.3, -0.25) is 4.68 Å². The first-order valence-corrected chi connectivity index (χ1v) is 5.83. The fourth-order valence-electron chi connectivity index (χ4n) is 1.72. The summed E-state index contributed by atoms with van der Waals surface area (Å²) < 4.78 is 20.3. The van der Waals surface area contributed by atoms with Crippen LogP contribution < -0.4 is 0 Å². The zero-order chi connectivity index (χ0) is 13.8. The Hall–Kier alpha value is -2.25. The lowest BCUT2D eigenvalue weighted by Crippen LogP contribution is -2.08. The van der Waals surface area contributed by atoms with Crippen molar-refractivity contribution in [3.8, 4) is 11.3 Å². The maximum absolute atomic E-state index is 12.5. The van der Waals surface area contributed by atoms with Gasteiger partial charge >= 0.3 is 5.97 Å². The van der Waals surface area contributed by atoms with E-state index >= 15 is 0 Å². The molecule has 2 aromatic rings. The van der Waals surface area contributed by atoms with Crippen LogP contribution in [0.5, 0.6) is 0 Å². The molecule has 102 valence electrons. The monoisotopic (exact) mass is 267 g/mol. The lowest BCUT2D eigenvalue weighted by Gasteiger charge is -2.04. The van der Waals surface area contributed by atoms with Crippen LogP contribution in [0.15, 0.2) is 12.4 Å². The van der Waals surface area contributed by atoms with Crippen molar-refractivity contribution < 1.29 is 13.9 Å². The van der Waals surface area contributed by atoms with Gasteiger partial charge in [-0.25, -0.2) is 13.9 Å². The second-order valence-electron chi connectivity index (χ2n) is 3.82. The van der Waals surface area contributed by atoms with Crippen LogP contribution in [0.4, 0.5) is 4.39 Å². The van der Waals surface area contributed by atoms with E-state index in [1.807, 2.05) is 0 Å².